The van der Waals surface area contributed by atoms with Crippen LogP contribution in [0.5, 0.6) is 5.75 Å². The van der Waals surface area contributed by atoms with E-state index in [1.807, 2.05) is 33.0 Å². The molecule has 3 N–H and O–H groups in total. The molecular weight excluding hydrogens is 582 g/mol. The van der Waals surface area contributed by atoms with Crippen molar-refractivity contribution >= 4 is 46.5 Å². The Morgan fingerprint density at radius 1 is 1.10 bits per heavy atom. The van der Waals surface area contributed by atoms with Crippen molar-refractivity contribution in [2.24, 2.45) is 5.92 Å². The van der Waals surface area contributed by atoms with Crippen molar-refractivity contribution in [1.29, 1.82) is 0 Å². The predicted molar refractivity (Wildman–Crippen MR) is 164 cm³/mol. The van der Waals surface area contributed by atoms with Crippen LogP contribution in [-0.4, -0.2) is 65.7 Å². The zero-order valence-corrected chi connectivity index (χ0v) is 25.3. The van der Waals surface area contributed by atoms with E-state index in [0.717, 1.165) is 5.56 Å². The number of aliphatic hydroxyl groups excluding tert-OH is 1. The van der Waals surface area contributed by atoms with Crippen LogP contribution in [0.2, 0.25) is 10.0 Å². The Bertz CT molecular complexity index is 1410. The van der Waals surface area contributed by atoms with Crippen molar-refractivity contribution in [2.75, 3.05) is 37.4 Å². The van der Waals surface area contributed by atoms with Crippen molar-refractivity contribution in [3.05, 3.63) is 87.7 Å². The molecule has 8 nitrogen and oxygen atoms in total. The maximum atomic E-state index is 13.5. The molecule has 0 aromatic heterocycles. The van der Waals surface area contributed by atoms with E-state index in [-0.39, 0.29) is 37.0 Å². The number of halogens is 3. The Kier molecular flexibility index (Phi) is 10.7. The van der Waals surface area contributed by atoms with Crippen LogP contribution in [0, 0.1) is 11.7 Å². The minimum atomic E-state index is -0.511. The van der Waals surface area contributed by atoms with Crippen LogP contribution in [0.3, 0.4) is 0 Å². The summed E-state index contributed by atoms with van der Waals surface area (Å²) < 4.78 is 19.8. The molecule has 1 aliphatic heterocycles. The molecule has 42 heavy (non-hydrogen) atoms. The highest BCUT2D eigenvalue weighted by Gasteiger charge is 2.31. The number of rotatable bonds is 8. The van der Waals surface area contributed by atoms with Crippen LogP contribution in [0.4, 0.5) is 20.6 Å². The van der Waals surface area contributed by atoms with Gasteiger partial charge in [0.25, 0.3) is 0 Å². The number of fused-ring (bicyclic) bond motifs is 1. The predicted octanol–water partition coefficient (Wildman–Crippen LogP) is 6.06. The number of ether oxygens (including phenoxy) is 1. The molecule has 224 valence electrons. The van der Waals surface area contributed by atoms with Crippen LogP contribution >= 0.6 is 23.2 Å². The number of hydrogen-bond acceptors (Lipinski definition) is 5. The Morgan fingerprint density at radius 3 is 2.48 bits per heavy atom. The second-order valence-corrected chi connectivity index (χ2v) is 11.6. The van der Waals surface area contributed by atoms with Crippen molar-refractivity contribution in [1.82, 2.24) is 9.80 Å². The molecule has 3 aromatic carbocycles. The van der Waals surface area contributed by atoms with Gasteiger partial charge in [-0.05, 0) is 74.1 Å². The van der Waals surface area contributed by atoms with Gasteiger partial charge in [0.2, 0.25) is 5.91 Å². The van der Waals surface area contributed by atoms with Gasteiger partial charge in [0, 0.05) is 42.5 Å². The van der Waals surface area contributed by atoms with E-state index in [2.05, 4.69) is 15.5 Å². The van der Waals surface area contributed by atoms with Gasteiger partial charge in [0.1, 0.15) is 17.7 Å². The molecule has 0 saturated heterocycles. The van der Waals surface area contributed by atoms with E-state index in [1.165, 1.54) is 24.3 Å². The molecule has 0 saturated carbocycles. The number of carbonyl (C=O) groups excluding carboxylic acids is 2. The van der Waals surface area contributed by atoms with Crippen molar-refractivity contribution < 1.29 is 23.8 Å². The average molecular weight is 618 g/mol. The molecular formula is C31H35Cl2FN4O4. The number of benzene rings is 3. The molecule has 1 aliphatic rings. The van der Waals surface area contributed by atoms with Gasteiger partial charge in [0.05, 0.1) is 29.1 Å². The normalized spacial score (nSPS) is 17.9. The molecule has 0 fully saturated rings. The molecule has 0 radical (unpaired) electrons. The number of amides is 3. The maximum Gasteiger partial charge on any atom is 0.323 e. The third kappa shape index (κ3) is 8.35. The van der Waals surface area contributed by atoms with E-state index >= 15 is 0 Å². The minimum Gasteiger partial charge on any atom is -0.488 e. The standard InChI is InChI=1S/C31H35Cl2FN4O4/c1-19-15-38(20(2)18-39)30(40)14-22-13-25(36-31(41)35-24-7-5-23(34)6-8-24)9-11-28(22)42-29(19)17-37(3)16-21-4-10-26(32)27(33)12-21/h4-13,19-20,29,39H,14-18H2,1-3H3,(H2,35,36,41)/t19-,20+,29-/m0/s1. The summed E-state index contributed by atoms with van der Waals surface area (Å²) in [7, 11) is 1.98. The fraction of sp³-hybridized carbons (Fsp3) is 0.355. The zero-order chi connectivity index (χ0) is 30.4. The Hall–Kier alpha value is -3.37. The van der Waals surface area contributed by atoms with Crippen LogP contribution in [0.15, 0.2) is 60.7 Å². The van der Waals surface area contributed by atoms with E-state index in [4.69, 9.17) is 27.9 Å². The lowest BCUT2D eigenvalue weighted by atomic mass is 10.0. The molecule has 3 amide bonds. The van der Waals surface area contributed by atoms with E-state index in [9.17, 15) is 19.1 Å². The average Bonchev–Trinajstić information content (AvgIpc) is 2.99. The molecule has 0 bridgehead atoms. The summed E-state index contributed by atoms with van der Waals surface area (Å²) >= 11 is 12.3. The summed E-state index contributed by atoms with van der Waals surface area (Å²) in [5, 5.41) is 16.3. The maximum absolute atomic E-state index is 13.5. The van der Waals surface area contributed by atoms with E-state index < -0.39 is 11.8 Å². The summed E-state index contributed by atoms with van der Waals surface area (Å²) in [6.07, 6.45) is -0.260. The second-order valence-electron chi connectivity index (χ2n) is 10.7. The number of nitrogens with one attached hydrogen (secondary N) is 2. The quantitative estimate of drug-likeness (QED) is 0.286. The molecule has 0 aliphatic carbocycles. The van der Waals surface area contributed by atoms with Gasteiger partial charge in [-0.1, -0.05) is 36.2 Å². The minimum absolute atomic E-state index is 0.0350. The molecule has 0 spiro atoms. The first-order valence-electron chi connectivity index (χ1n) is 13.7. The lowest BCUT2D eigenvalue weighted by Gasteiger charge is -2.34. The third-order valence-corrected chi connectivity index (χ3v) is 7.94. The van der Waals surface area contributed by atoms with Gasteiger partial charge in [-0.15, -0.1) is 0 Å². The number of urea groups is 1. The van der Waals surface area contributed by atoms with Gasteiger partial charge in [-0.25, -0.2) is 9.18 Å². The summed E-state index contributed by atoms with van der Waals surface area (Å²) in [6, 6.07) is 15.3. The van der Waals surface area contributed by atoms with Crippen molar-refractivity contribution in [2.45, 2.75) is 39.0 Å². The van der Waals surface area contributed by atoms with E-state index in [1.54, 1.807) is 29.2 Å². The highest BCUT2D eigenvalue weighted by Crippen LogP contribution is 2.30. The third-order valence-electron chi connectivity index (χ3n) is 7.20. The van der Waals surface area contributed by atoms with Gasteiger partial charge in [-0.2, -0.15) is 0 Å². The molecule has 11 heteroatoms. The molecule has 0 unspecified atom stereocenters. The number of anilines is 2. The molecule has 3 aromatic rings. The number of carbonyl (C=O) groups is 2. The molecule has 4 rings (SSSR count). The second kappa shape index (κ2) is 14.2. The first-order valence-corrected chi connectivity index (χ1v) is 14.4. The lowest BCUT2D eigenvalue weighted by Crippen LogP contribution is -2.47. The number of hydrogen-bond donors (Lipinski definition) is 3. The van der Waals surface area contributed by atoms with Crippen LogP contribution in [-0.2, 0) is 17.8 Å². The largest absolute Gasteiger partial charge is 0.488 e. The van der Waals surface area contributed by atoms with Gasteiger partial charge in [-0.3, -0.25) is 9.69 Å². The first-order chi connectivity index (χ1) is 20.0. The molecule has 1 heterocycles. The summed E-state index contributed by atoms with van der Waals surface area (Å²) in [6.45, 7) is 5.24. The fourth-order valence-corrected chi connectivity index (χ4v) is 5.19. The lowest BCUT2D eigenvalue weighted by molar-refractivity contribution is -0.134. The first kappa shape index (κ1) is 31.6. The van der Waals surface area contributed by atoms with Crippen molar-refractivity contribution in [3.8, 4) is 5.75 Å². The summed E-state index contributed by atoms with van der Waals surface area (Å²) in [5.74, 6) is -0.0671. The monoisotopic (exact) mass is 616 g/mol. The highest BCUT2D eigenvalue weighted by atomic mass is 35.5. The number of likely N-dealkylation sites (N-methyl/N-ethyl adjacent to an activating group) is 1. The van der Waals surface area contributed by atoms with Crippen molar-refractivity contribution in [3.63, 3.8) is 0 Å². The van der Waals surface area contributed by atoms with Crippen LogP contribution in [0.1, 0.15) is 25.0 Å². The van der Waals surface area contributed by atoms with Gasteiger partial charge >= 0.3 is 6.03 Å². The summed E-state index contributed by atoms with van der Waals surface area (Å²) in [4.78, 5) is 29.9. The summed E-state index contributed by atoms with van der Waals surface area (Å²) in [5.41, 5.74) is 2.52. The Labute approximate surface area is 255 Å². The van der Waals surface area contributed by atoms with Crippen LogP contribution < -0.4 is 15.4 Å². The molecule has 3 atom stereocenters. The number of nitrogens with zero attached hydrogens (tertiary/aromatic N) is 2. The van der Waals surface area contributed by atoms with Crippen LogP contribution in [0.25, 0.3) is 0 Å². The number of aliphatic hydroxyl groups is 1. The van der Waals surface area contributed by atoms with E-state index in [0.29, 0.717) is 52.4 Å². The SMILES string of the molecule is C[C@H](CO)N1C[C@H](C)[C@H](CN(C)Cc2ccc(Cl)c(Cl)c2)Oc2ccc(NC(=O)Nc3ccc(F)cc3)cc2CC1=O. The highest BCUT2D eigenvalue weighted by molar-refractivity contribution is 6.42. The Morgan fingerprint density at radius 2 is 1.79 bits per heavy atom. The fourth-order valence-electron chi connectivity index (χ4n) is 4.87. The topological polar surface area (TPSA) is 94.1 Å². The van der Waals surface area contributed by atoms with Gasteiger partial charge in [0.15, 0.2) is 0 Å². The zero-order valence-electron chi connectivity index (χ0n) is 23.7. The Balaban J connectivity index is 1.56. The van der Waals surface area contributed by atoms with Gasteiger partial charge < -0.3 is 25.4 Å². The smallest absolute Gasteiger partial charge is 0.323 e.